The van der Waals surface area contributed by atoms with E-state index in [4.69, 9.17) is 15.7 Å². The summed E-state index contributed by atoms with van der Waals surface area (Å²) < 4.78 is 5.94. The lowest BCUT2D eigenvalue weighted by atomic mass is 10.4. The fourth-order valence-corrected chi connectivity index (χ4v) is 1.29. The number of anilines is 1. The van der Waals surface area contributed by atoms with Gasteiger partial charge in [-0.2, -0.15) is 14.9 Å². The second kappa shape index (κ2) is 4.05. The maximum Gasteiger partial charge on any atom is 0.362 e. The molecule has 0 unspecified atom stereocenters. The predicted octanol–water partition coefficient (Wildman–Crippen LogP) is -0.245. The lowest BCUT2D eigenvalue weighted by molar-refractivity contribution is 0.0519. The van der Waals surface area contributed by atoms with Crippen molar-refractivity contribution in [2.45, 2.75) is 6.92 Å². The molecule has 8 heteroatoms. The van der Waals surface area contributed by atoms with Gasteiger partial charge in [-0.05, 0) is 6.92 Å². The zero-order chi connectivity index (χ0) is 12.4. The summed E-state index contributed by atoms with van der Waals surface area (Å²) in [6.45, 7) is 1.88. The number of ether oxygens (including phenoxy) is 1. The van der Waals surface area contributed by atoms with E-state index in [0.29, 0.717) is 0 Å². The Morgan fingerprint density at radius 3 is 3.06 bits per heavy atom. The average Bonchev–Trinajstić information content (AvgIpc) is 2.73. The van der Waals surface area contributed by atoms with Crippen molar-refractivity contribution in [3.63, 3.8) is 0 Å². The summed E-state index contributed by atoms with van der Waals surface area (Å²) in [5, 5.41) is 20.0. The van der Waals surface area contributed by atoms with Gasteiger partial charge in [-0.1, -0.05) is 0 Å². The molecule has 2 rings (SSSR count). The van der Waals surface area contributed by atoms with Crippen LogP contribution in [0.3, 0.4) is 0 Å². The second-order valence-corrected chi connectivity index (χ2v) is 3.06. The van der Waals surface area contributed by atoms with Gasteiger partial charge in [0.15, 0.2) is 11.5 Å². The third kappa shape index (κ3) is 1.63. The number of rotatable bonds is 2. The van der Waals surface area contributed by atoms with E-state index >= 15 is 0 Å². The Hall–Kier alpha value is -2.69. The molecule has 0 aromatic carbocycles. The summed E-state index contributed by atoms with van der Waals surface area (Å²) >= 11 is 0. The molecular weight excluding hydrogens is 224 g/mol. The minimum Gasteiger partial charge on any atom is -0.461 e. The lowest BCUT2D eigenvalue weighted by Gasteiger charge is -2.04. The number of aromatic nitrogens is 4. The normalized spacial score (nSPS) is 10.1. The Labute approximate surface area is 95.6 Å². The van der Waals surface area contributed by atoms with Gasteiger partial charge >= 0.3 is 5.97 Å². The molecule has 2 aromatic heterocycles. The number of nitrogen functional groups attached to an aromatic ring is 1. The van der Waals surface area contributed by atoms with Gasteiger partial charge in [0.1, 0.15) is 11.6 Å². The first-order chi connectivity index (χ1) is 8.19. The Balaban J connectivity index is 2.59. The fourth-order valence-electron chi connectivity index (χ4n) is 1.29. The molecule has 0 saturated heterocycles. The first kappa shape index (κ1) is 10.8. The summed E-state index contributed by atoms with van der Waals surface area (Å²) in [5.74, 6) is -0.677. The molecule has 17 heavy (non-hydrogen) atoms. The minimum atomic E-state index is -0.673. The summed E-state index contributed by atoms with van der Waals surface area (Å²) in [7, 11) is 0. The van der Waals surface area contributed by atoms with Crippen molar-refractivity contribution in [2.75, 3.05) is 12.3 Å². The molecule has 0 saturated carbocycles. The highest BCUT2D eigenvalue weighted by atomic mass is 16.5. The fraction of sp³-hybridized carbons (Fsp3) is 0.222. The molecular formula is C9H8N6O2. The molecule has 0 amide bonds. The molecule has 0 aliphatic rings. The monoisotopic (exact) mass is 232 g/mol. The first-order valence-electron chi connectivity index (χ1n) is 4.76. The molecule has 0 spiro atoms. The standard InChI is InChI=1S/C9H8N6O2/c1-2-17-9(16)6-7(11)15-8(14-13-6)5(3-10)4-12-15/h4H,2,11H2,1H3. The summed E-state index contributed by atoms with van der Waals surface area (Å²) in [4.78, 5) is 11.5. The molecule has 8 nitrogen and oxygen atoms in total. The van der Waals surface area contributed by atoms with E-state index in [1.807, 2.05) is 6.07 Å². The van der Waals surface area contributed by atoms with Crippen LogP contribution in [0, 0.1) is 11.3 Å². The number of fused-ring (bicyclic) bond motifs is 1. The average molecular weight is 232 g/mol. The van der Waals surface area contributed by atoms with Gasteiger partial charge in [0.2, 0.25) is 5.69 Å². The molecule has 0 radical (unpaired) electrons. The van der Waals surface area contributed by atoms with Crippen LogP contribution in [0.4, 0.5) is 5.82 Å². The van der Waals surface area contributed by atoms with Gasteiger partial charge in [-0.3, -0.25) is 0 Å². The van der Waals surface area contributed by atoms with Crippen molar-refractivity contribution in [3.05, 3.63) is 17.5 Å². The summed E-state index contributed by atoms with van der Waals surface area (Å²) in [6, 6.07) is 1.89. The van der Waals surface area contributed by atoms with Gasteiger partial charge in [-0.25, -0.2) is 4.79 Å². The zero-order valence-electron chi connectivity index (χ0n) is 8.91. The molecule has 0 fully saturated rings. The Morgan fingerprint density at radius 1 is 1.65 bits per heavy atom. The van der Waals surface area contributed by atoms with Crippen LogP contribution >= 0.6 is 0 Å². The van der Waals surface area contributed by atoms with Crippen LogP contribution < -0.4 is 5.73 Å². The third-order valence-electron chi connectivity index (χ3n) is 2.05. The number of nitriles is 1. The van der Waals surface area contributed by atoms with E-state index in [1.54, 1.807) is 6.92 Å². The molecule has 2 N–H and O–H groups in total. The van der Waals surface area contributed by atoms with E-state index in [9.17, 15) is 4.79 Å². The van der Waals surface area contributed by atoms with Crippen LogP contribution in [0.25, 0.3) is 5.65 Å². The highest BCUT2D eigenvalue weighted by molar-refractivity contribution is 5.92. The lowest BCUT2D eigenvalue weighted by Crippen LogP contribution is -2.15. The number of esters is 1. The predicted molar refractivity (Wildman–Crippen MR) is 55.9 cm³/mol. The zero-order valence-corrected chi connectivity index (χ0v) is 8.91. The van der Waals surface area contributed by atoms with Crippen LogP contribution in [-0.2, 0) is 4.74 Å². The first-order valence-corrected chi connectivity index (χ1v) is 4.76. The van der Waals surface area contributed by atoms with Crippen LogP contribution in [-0.4, -0.2) is 32.4 Å². The Kier molecular flexibility index (Phi) is 2.58. The van der Waals surface area contributed by atoms with E-state index in [0.717, 1.165) is 0 Å². The Bertz CT molecular complexity index is 626. The van der Waals surface area contributed by atoms with Gasteiger partial charge in [0, 0.05) is 0 Å². The van der Waals surface area contributed by atoms with E-state index in [2.05, 4.69) is 15.3 Å². The molecule has 2 aromatic rings. The maximum absolute atomic E-state index is 11.5. The number of nitrogens with zero attached hydrogens (tertiary/aromatic N) is 5. The molecule has 86 valence electrons. The van der Waals surface area contributed by atoms with E-state index in [1.165, 1.54) is 10.7 Å². The van der Waals surface area contributed by atoms with Gasteiger partial charge < -0.3 is 10.5 Å². The van der Waals surface area contributed by atoms with Gasteiger partial charge in [-0.15, -0.1) is 10.2 Å². The molecule has 0 bridgehead atoms. The molecule has 2 heterocycles. The van der Waals surface area contributed by atoms with E-state index < -0.39 is 5.97 Å². The number of hydrogen-bond donors (Lipinski definition) is 1. The molecule has 0 aliphatic heterocycles. The number of carbonyl (C=O) groups excluding carboxylic acids is 1. The maximum atomic E-state index is 11.5. The van der Waals surface area contributed by atoms with Crippen molar-refractivity contribution < 1.29 is 9.53 Å². The van der Waals surface area contributed by atoms with Crippen molar-refractivity contribution in [2.24, 2.45) is 0 Å². The third-order valence-corrected chi connectivity index (χ3v) is 2.05. The van der Waals surface area contributed by atoms with Crippen molar-refractivity contribution in [1.29, 1.82) is 5.26 Å². The SMILES string of the molecule is CCOC(=O)c1nnc2c(C#N)cnn2c1N. The van der Waals surface area contributed by atoms with Crippen LogP contribution in [0.15, 0.2) is 6.20 Å². The topological polar surface area (TPSA) is 119 Å². The van der Waals surface area contributed by atoms with Gasteiger partial charge in [0.25, 0.3) is 0 Å². The molecule has 0 aliphatic carbocycles. The highest BCUT2D eigenvalue weighted by Gasteiger charge is 2.18. The number of nitrogens with two attached hydrogens (primary N) is 1. The summed E-state index contributed by atoms with van der Waals surface area (Å²) in [6.07, 6.45) is 1.30. The van der Waals surface area contributed by atoms with Crippen molar-refractivity contribution in [1.82, 2.24) is 19.8 Å². The summed E-state index contributed by atoms with van der Waals surface area (Å²) in [5.41, 5.74) is 6.03. The minimum absolute atomic E-state index is 0.00468. The highest BCUT2D eigenvalue weighted by Crippen LogP contribution is 2.13. The number of hydrogen-bond acceptors (Lipinski definition) is 7. The van der Waals surface area contributed by atoms with Gasteiger partial charge in [0.05, 0.1) is 12.8 Å². The smallest absolute Gasteiger partial charge is 0.362 e. The molecule has 0 atom stereocenters. The van der Waals surface area contributed by atoms with E-state index in [-0.39, 0.29) is 29.3 Å². The number of carbonyl (C=O) groups is 1. The quantitative estimate of drug-likeness (QED) is 0.709. The Morgan fingerprint density at radius 2 is 2.41 bits per heavy atom. The van der Waals surface area contributed by atoms with Crippen molar-refractivity contribution >= 4 is 17.4 Å². The van der Waals surface area contributed by atoms with Crippen LogP contribution in [0.5, 0.6) is 0 Å². The second-order valence-electron chi connectivity index (χ2n) is 3.06. The largest absolute Gasteiger partial charge is 0.461 e. The van der Waals surface area contributed by atoms with Crippen LogP contribution in [0.1, 0.15) is 23.0 Å². The van der Waals surface area contributed by atoms with Crippen molar-refractivity contribution in [3.8, 4) is 6.07 Å². The van der Waals surface area contributed by atoms with Crippen LogP contribution in [0.2, 0.25) is 0 Å².